The highest BCUT2D eigenvalue weighted by molar-refractivity contribution is 6.12. The number of Topliss-reactive ketones (excluding diaryl/α,β-unsaturated/α-hetero) is 1. The molecule has 2 amide bonds. The maximum atomic E-state index is 11.6. The minimum atomic E-state index is -0.263. The van der Waals surface area contributed by atoms with Crippen molar-refractivity contribution in [3.63, 3.8) is 0 Å². The van der Waals surface area contributed by atoms with Crippen molar-refractivity contribution < 1.29 is 14.4 Å². The Labute approximate surface area is 94.3 Å². The highest BCUT2D eigenvalue weighted by Gasteiger charge is 2.26. The third-order valence-electron chi connectivity index (χ3n) is 3.27. The monoisotopic (exact) mass is 221 g/mol. The summed E-state index contributed by atoms with van der Waals surface area (Å²) >= 11 is 0. The second-order valence-electron chi connectivity index (χ2n) is 4.36. The van der Waals surface area contributed by atoms with Gasteiger partial charge in [-0.15, -0.1) is 0 Å². The molecule has 86 valence electrons. The van der Waals surface area contributed by atoms with Crippen LogP contribution < -0.4 is 0 Å². The lowest BCUT2D eigenvalue weighted by atomic mass is 9.81. The second kappa shape index (κ2) is 4.60. The number of amides is 2. The van der Waals surface area contributed by atoms with Crippen LogP contribution in [0.3, 0.4) is 0 Å². The van der Waals surface area contributed by atoms with Crippen molar-refractivity contribution in [3.8, 4) is 0 Å². The third-order valence-corrected chi connectivity index (χ3v) is 3.27. The van der Waals surface area contributed by atoms with Crippen LogP contribution in [-0.4, -0.2) is 29.0 Å². The molecule has 1 fully saturated rings. The van der Waals surface area contributed by atoms with Gasteiger partial charge < -0.3 is 0 Å². The van der Waals surface area contributed by atoms with E-state index < -0.39 is 0 Å². The largest absolute Gasteiger partial charge is 0.299 e. The molecule has 1 aliphatic heterocycles. The molecule has 1 heterocycles. The zero-order valence-corrected chi connectivity index (χ0v) is 9.15. The van der Waals surface area contributed by atoms with E-state index in [-0.39, 0.29) is 17.7 Å². The molecule has 0 atom stereocenters. The Morgan fingerprint density at radius 3 is 2.38 bits per heavy atom. The molecule has 1 aliphatic carbocycles. The van der Waals surface area contributed by atoms with E-state index >= 15 is 0 Å². The summed E-state index contributed by atoms with van der Waals surface area (Å²) in [6, 6.07) is 0. The number of nitrogens with zero attached hydrogens (tertiary/aromatic N) is 1. The fraction of sp³-hybridized carbons (Fsp3) is 0.583. The zero-order valence-electron chi connectivity index (χ0n) is 9.15. The van der Waals surface area contributed by atoms with Crippen molar-refractivity contribution in [2.45, 2.75) is 32.1 Å². The number of hydrogen-bond acceptors (Lipinski definition) is 3. The Balaban J connectivity index is 1.69. The Kier molecular flexibility index (Phi) is 3.17. The molecule has 4 nitrogen and oxygen atoms in total. The summed E-state index contributed by atoms with van der Waals surface area (Å²) in [6.07, 6.45) is 6.82. The first-order valence-corrected chi connectivity index (χ1v) is 5.75. The maximum Gasteiger partial charge on any atom is 0.253 e. The molecule has 0 spiro atoms. The Morgan fingerprint density at radius 2 is 1.88 bits per heavy atom. The molecule has 0 saturated heterocycles. The topological polar surface area (TPSA) is 54.5 Å². The van der Waals surface area contributed by atoms with Crippen molar-refractivity contribution >= 4 is 17.6 Å². The Bertz CT molecular complexity index is 337. The Morgan fingerprint density at radius 1 is 1.25 bits per heavy atom. The average molecular weight is 221 g/mol. The van der Waals surface area contributed by atoms with Gasteiger partial charge in [0.1, 0.15) is 5.78 Å². The lowest BCUT2D eigenvalue weighted by Crippen LogP contribution is -2.31. The van der Waals surface area contributed by atoms with Crippen molar-refractivity contribution in [1.82, 2.24) is 4.90 Å². The summed E-state index contributed by atoms with van der Waals surface area (Å²) in [6.45, 7) is 0.364. The van der Waals surface area contributed by atoms with Gasteiger partial charge in [0.2, 0.25) is 0 Å². The first-order chi connectivity index (χ1) is 7.68. The third kappa shape index (κ3) is 2.21. The molecule has 16 heavy (non-hydrogen) atoms. The summed E-state index contributed by atoms with van der Waals surface area (Å²) in [5.74, 6) is 0.0172. The van der Waals surface area contributed by atoms with E-state index in [9.17, 15) is 14.4 Å². The minimum absolute atomic E-state index is 0.253. The molecular formula is C12H15NO3. The van der Waals surface area contributed by atoms with Crippen LogP contribution in [0.1, 0.15) is 32.1 Å². The molecule has 0 aromatic carbocycles. The van der Waals surface area contributed by atoms with Gasteiger partial charge in [0.05, 0.1) is 0 Å². The zero-order chi connectivity index (χ0) is 11.5. The van der Waals surface area contributed by atoms with Crippen LogP contribution in [0.25, 0.3) is 0 Å². The van der Waals surface area contributed by atoms with Gasteiger partial charge in [-0.3, -0.25) is 19.3 Å². The van der Waals surface area contributed by atoms with Crippen LogP contribution in [0.5, 0.6) is 0 Å². The van der Waals surface area contributed by atoms with Gasteiger partial charge in [-0.25, -0.2) is 0 Å². The second-order valence-corrected chi connectivity index (χ2v) is 4.36. The first-order valence-electron chi connectivity index (χ1n) is 5.75. The molecule has 0 bridgehead atoms. The molecule has 0 radical (unpaired) electrons. The number of imide groups is 1. The molecule has 0 aromatic heterocycles. The highest BCUT2D eigenvalue weighted by Crippen LogP contribution is 2.28. The van der Waals surface area contributed by atoms with Crippen LogP contribution in [0.15, 0.2) is 12.2 Å². The van der Waals surface area contributed by atoms with Crippen LogP contribution in [0.2, 0.25) is 0 Å². The van der Waals surface area contributed by atoms with Crippen LogP contribution in [0.4, 0.5) is 0 Å². The molecule has 2 aliphatic rings. The van der Waals surface area contributed by atoms with Gasteiger partial charge in [0.25, 0.3) is 11.8 Å². The molecule has 0 unspecified atom stereocenters. The predicted molar refractivity (Wildman–Crippen MR) is 57.4 cm³/mol. The average Bonchev–Trinajstić information content (AvgIpc) is 2.46. The van der Waals surface area contributed by atoms with E-state index in [1.165, 1.54) is 17.1 Å². The van der Waals surface area contributed by atoms with E-state index in [4.69, 9.17) is 0 Å². The predicted octanol–water partition coefficient (Wildman–Crippen LogP) is 1.06. The first kappa shape index (κ1) is 11.0. The molecule has 0 aromatic rings. The van der Waals surface area contributed by atoms with Crippen molar-refractivity contribution in [3.05, 3.63) is 12.2 Å². The maximum absolute atomic E-state index is 11.6. The van der Waals surface area contributed by atoms with Crippen molar-refractivity contribution in [2.24, 2.45) is 5.92 Å². The highest BCUT2D eigenvalue weighted by atomic mass is 16.2. The SMILES string of the molecule is O=C(CCCN1C(=O)C=CC1=O)C1CCC1. The Hall–Kier alpha value is -1.45. The summed E-state index contributed by atoms with van der Waals surface area (Å²) < 4.78 is 0. The van der Waals surface area contributed by atoms with Gasteiger partial charge in [-0.1, -0.05) is 6.42 Å². The van der Waals surface area contributed by atoms with E-state index in [1.54, 1.807) is 0 Å². The lowest BCUT2D eigenvalue weighted by molar-refractivity contribution is -0.137. The minimum Gasteiger partial charge on any atom is -0.299 e. The summed E-state index contributed by atoms with van der Waals surface area (Å²) in [5, 5.41) is 0. The summed E-state index contributed by atoms with van der Waals surface area (Å²) in [7, 11) is 0. The smallest absolute Gasteiger partial charge is 0.253 e. The van der Waals surface area contributed by atoms with Gasteiger partial charge in [0, 0.05) is 31.0 Å². The van der Waals surface area contributed by atoms with Crippen LogP contribution in [0, 0.1) is 5.92 Å². The quantitative estimate of drug-likeness (QED) is 0.652. The molecular weight excluding hydrogens is 206 g/mol. The van der Waals surface area contributed by atoms with E-state index in [2.05, 4.69) is 0 Å². The van der Waals surface area contributed by atoms with Gasteiger partial charge in [-0.05, 0) is 19.3 Å². The molecule has 0 N–H and O–H groups in total. The van der Waals surface area contributed by atoms with Crippen LogP contribution in [-0.2, 0) is 14.4 Å². The fourth-order valence-corrected chi connectivity index (χ4v) is 2.00. The number of carbonyl (C=O) groups is 3. The lowest BCUT2D eigenvalue weighted by Gasteiger charge is -2.24. The number of rotatable bonds is 5. The molecule has 2 rings (SSSR count). The number of hydrogen-bond donors (Lipinski definition) is 0. The van der Waals surface area contributed by atoms with Crippen molar-refractivity contribution in [1.29, 1.82) is 0 Å². The standard InChI is InChI=1S/C12H15NO3/c14-10(9-3-1-4-9)5-2-8-13-11(15)6-7-12(13)16/h6-7,9H,1-5,8H2. The normalized spacial score (nSPS) is 20.4. The van der Waals surface area contributed by atoms with E-state index in [0.717, 1.165) is 19.3 Å². The van der Waals surface area contributed by atoms with Crippen LogP contribution >= 0.6 is 0 Å². The van der Waals surface area contributed by atoms with E-state index in [0.29, 0.717) is 25.2 Å². The number of ketones is 1. The molecule has 4 heteroatoms. The van der Waals surface area contributed by atoms with Crippen molar-refractivity contribution in [2.75, 3.05) is 6.54 Å². The molecule has 1 saturated carbocycles. The van der Waals surface area contributed by atoms with Gasteiger partial charge in [0.15, 0.2) is 0 Å². The van der Waals surface area contributed by atoms with E-state index in [1.807, 2.05) is 0 Å². The van der Waals surface area contributed by atoms with Gasteiger partial charge in [-0.2, -0.15) is 0 Å². The van der Waals surface area contributed by atoms with Gasteiger partial charge >= 0.3 is 0 Å². The number of carbonyl (C=O) groups excluding carboxylic acids is 3. The summed E-state index contributed by atoms with van der Waals surface area (Å²) in [4.78, 5) is 35.1. The summed E-state index contributed by atoms with van der Waals surface area (Å²) in [5.41, 5.74) is 0. The fourth-order valence-electron chi connectivity index (χ4n) is 2.00.